The van der Waals surface area contributed by atoms with Crippen molar-refractivity contribution in [2.75, 3.05) is 18.4 Å². The average molecular weight is 214 g/mol. The van der Waals surface area contributed by atoms with Crippen LogP contribution in [0.25, 0.3) is 0 Å². The van der Waals surface area contributed by atoms with Crippen molar-refractivity contribution in [1.82, 2.24) is 5.32 Å². The molecule has 0 aromatic heterocycles. The quantitative estimate of drug-likeness (QED) is 0.735. The Morgan fingerprint density at radius 1 is 1.13 bits per heavy atom. The molecule has 0 aliphatic heterocycles. The molecule has 15 heavy (non-hydrogen) atoms. The molecule has 0 spiro atoms. The average Bonchev–Trinajstić information content (AvgIpc) is 2.18. The van der Waals surface area contributed by atoms with Gasteiger partial charge in [-0.2, -0.15) is 0 Å². The smallest absolute Gasteiger partial charge is 0.160 e. The normalized spacial score (nSPS) is 10.7. The molecular formula is C11H16F2N2. The molecule has 2 nitrogen and oxygen atoms in total. The van der Waals surface area contributed by atoms with Gasteiger partial charge in [-0.25, -0.2) is 8.78 Å². The lowest BCUT2D eigenvalue weighted by Gasteiger charge is -2.10. The molecule has 84 valence electrons. The van der Waals surface area contributed by atoms with E-state index in [-0.39, 0.29) is 0 Å². The van der Waals surface area contributed by atoms with Gasteiger partial charge in [0.15, 0.2) is 11.6 Å². The SMILES string of the molecule is CC(C)NCCNc1ccc(F)c(F)c1. The van der Waals surface area contributed by atoms with E-state index in [1.165, 1.54) is 6.07 Å². The van der Waals surface area contributed by atoms with Gasteiger partial charge in [0.25, 0.3) is 0 Å². The van der Waals surface area contributed by atoms with E-state index in [0.29, 0.717) is 18.3 Å². The zero-order chi connectivity index (χ0) is 11.3. The van der Waals surface area contributed by atoms with Crippen LogP contribution in [0.4, 0.5) is 14.5 Å². The summed E-state index contributed by atoms with van der Waals surface area (Å²) in [5, 5.41) is 6.21. The van der Waals surface area contributed by atoms with Gasteiger partial charge in [0.05, 0.1) is 0 Å². The fraction of sp³-hybridized carbons (Fsp3) is 0.455. The molecule has 1 aromatic rings. The second-order valence-electron chi connectivity index (χ2n) is 3.66. The van der Waals surface area contributed by atoms with Gasteiger partial charge in [0.1, 0.15) is 0 Å². The van der Waals surface area contributed by atoms with Crippen LogP contribution in [0.2, 0.25) is 0 Å². The maximum Gasteiger partial charge on any atom is 0.160 e. The first-order valence-electron chi connectivity index (χ1n) is 5.02. The number of benzene rings is 1. The summed E-state index contributed by atoms with van der Waals surface area (Å²) >= 11 is 0. The summed E-state index contributed by atoms with van der Waals surface area (Å²) in [6, 6.07) is 4.23. The van der Waals surface area contributed by atoms with Crippen LogP contribution in [0.3, 0.4) is 0 Å². The van der Waals surface area contributed by atoms with E-state index < -0.39 is 11.6 Å². The molecule has 0 saturated heterocycles. The summed E-state index contributed by atoms with van der Waals surface area (Å²) in [5.74, 6) is -1.64. The third-order valence-corrected chi connectivity index (χ3v) is 1.93. The van der Waals surface area contributed by atoms with Gasteiger partial charge in [-0.3, -0.25) is 0 Å². The Kier molecular flexibility index (Phi) is 4.49. The predicted molar refractivity (Wildman–Crippen MR) is 58.0 cm³/mol. The van der Waals surface area contributed by atoms with Gasteiger partial charge >= 0.3 is 0 Å². The van der Waals surface area contributed by atoms with Crippen LogP contribution in [-0.2, 0) is 0 Å². The summed E-state index contributed by atoms with van der Waals surface area (Å²) in [7, 11) is 0. The summed E-state index contributed by atoms with van der Waals surface area (Å²) in [6.07, 6.45) is 0. The Balaban J connectivity index is 2.35. The van der Waals surface area contributed by atoms with E-state index in [1.807, 2.05) is 0 Å². The molecular weight excluding hydrogens is 198 g/mol. The zero-order valence-electron chi connectivity index (χ0n) is 8.98. The predicted octanol–water partition coefficient (Wildman–Crippen LogP) is 2.37. The van der Waals surface area contributed by atoms with Crippen LogP contribution in [0.1, 0.15) is 13.8 Å². The monoisotopic (exact) mass is 214 g/mol. The van der Waals surface area contributed by atoms with Gasteiger partial charge in [0.2, 0.25) is 0 Å². The van der Waals surface area contributed by atoms with Crippen molar-refractivity contribution in [3.63, 3.8) is 0 Å². The lowest BCUT2D eigenvalue weighted by Crippen LogP contribution is -2.28. The highest BCUT2D eigenvalue weighted by Gasteiger charge is 2.01. The second-order valence-corrected chi connectivity index (χ2v) is 3.66. The summed E-state index contributed by atoms with van der Waals surface area (Å²) in [6.45, 7) is 5.58. The third kappa shape index (κ3) is 4.25. The van der Waals surface area contributed by atoms with Gasteiger partial charge in [-0.15, -0.1) is 0 Å². The van der Waals surface area contributed by atoms with Crippen LogP contribution in [0, 0.1) is 11.6 Å². The second kappa shape index (κ2) is 5.66. The summed E-state index contributed by atoms with van der Waals surface area (Å²) in [4.78, 5) is 0. The number of hydrogen-bond donors (Lipinski definition) is 2. The number of rotatable bonds is 5. The summed E-state index contributed by atoms with van der Waals surface area (Å²) in [5.41, 5.74) is 0.597. The Morgan fingerprint density at radius 2 is 1.87 bits per heavy atom. The first-order valence-corrected chi connectivity index (χ1v) is 5.02. The lowest BCUT2D eigenvalue weighted by atomic mass is 10.3. The van der Waals surface area contributed by atoms with Gasteiger partial charge in [-0.05, 0) is 18.2 Å². The minimum absolute atomic E-state index is 0.428. The van der Waals surface area contributed by atoms with E-state index in [9.17, 15) is 8.78 Å². The molecule has 0 radical (unpaired) electrons. The number of anilines is 1. The molecule has 0 heterocycles. The molecule has 0 bridgehead atoms. The van der Waals surface area contributed by atoms with Crippen molar-refractivity contribution in [3.05, 3.63) is 29.8 Å². The van der Waals surface area contributed by atoms with Crippen LogP contribution in [0.5, 0.6) is 0 Å². The van der Waals surface area contributed by atoms with Crippen LogP contribution in [0.15, 0.2) is 18.2 Å². The number of hydrogen-bond acceptors (Lipinski definition) is 2. The van der Waals surface area contributed by atoms with E-state index in [2.05, 4.69) is 24.5 Å². The molecule has 0 amide bonds. The van der Waals surface area contributed by atoms with Crippen LogP contribution >= 0.6 is 0 Å². The molecule has 1 rings (SSSR count). The molecule has 1 aromatic carbocycles. The Morgan fingerprint density at radius 3 is 2.47 bits per heavy atom. The lowest BCUT2D eigenvalue weighted by molar-refractivity contribution is 0.509. The Hall–Kier alpha value is -1.16. The molecule has 0 aliphatic rings. The molecule has 0 atom stereocenters. The van der Waals surface area contributed by atoms with Gasteiger partial charge in [0, 0.05) is 24.8 Å². The maximum absolute atomic E-state index is 12.8. The van der Waals surface area contributed by atoms with E-state index in [1.54, 1.807) is 0 Å². The van der Waals surface area contributed by atoms with Crippen molar-refractivity contribution in [3.8, 4) is 0 Å². The Bertz CT molecular complexity index is 313. The fourth-order valence-corrected chi connectivity index (χ4v) is 1.17. The molecule has 0 aliphatic carbocycles. The van der Waals surface area contributed by atoms with Crippen molar-refractivity contribution < 1.29 is 8.78 Å². The standard InChI is InChI=1S/C11H16F2N2/c1-8(2)14-5-6-15-9-3-4-10(12)11(13)7-9/h3-4,7-8,14-15H,5-6H2,1-2H3. The van der Waals surface area contributed by atoms with Crippen molar-refractivity contribution in [2.45, 2.75) is 19.9 Å². The van der Waals surface area contributed by atoms with E-state index >= 15 is 0 Å². The fourth-order valence-electron chi connectivity index (χ4n) is 1.17. The minimum atomic E-state index is -0.822. The van der Waals surface area contributed by atoms with E-state index in [0.717, 1.165) is 18.7 Å². The van der Waals surface area contributed by atoms with Crippen molar-refractivity contribution >= 4 is 5.69 Å². The largest absolute Gasteiger partial charge is 0.384 e. The number of nitrogens with one attached hydrogen (secondary N) is 2. The first-order chi connectivity index (χ1) is 7.09. The third-order valence-electron chi connectivity index (χ3n) is 1.93. The minimum Gasteiger partial charge on any atom is -0.384 e. The van der Waals surface area contributed by atoms with E-state index in [4.69, 9.17) is 0 Å². The maximum atomic E-state index is 12.8. The topological polar surface area (TPSA) is 24.1 Å². The number of halogens is 2. The highest BCUT2D eigenvalue weighted by molar-refractivity contribution is 5.43. The van der Waals surface area contributed by atoms with Crippen LogP contribution in [-0.4, -0.2) is 19.1 Å². The zero-order valence-corrected chi connectivity index (χ0v) is 8.98. The summed E-state index contributed by atoms with van der Waals surface area (Å²) < 4.78 is 25.4. The molecule has 0 saturated carbocycles. The van der Waals surface area contributed by atoms with Crippen LogP contribution < -0.4 is 10.6 Å². The van der Waals surface area contributed by atoms with Gasteiger partial charge < -0.3 is 10.6 Å². The first kappa shape index (κ1) is 11.9. The molecule has 2 N–H and O–H groups in total. The molecule has 4 heteroatoms. The van der Waals surface area contributed by atoms with Gasteiger partial charge in [-0.1, -0.05) is 13.8 Å². The highest BCUT2D eigenvalue weighted by Crippen LogP contribution is 2.12. The van der Waals surface area contributed by atoms with Crippen molar-refractivity contribution in [1.29, 1.82) is 0 Å². The molecule has 0 fully saturated rings. The highest BCUT2D eigenvalue weighted by atomic mass is 19.2. The van der Waals surface area contributed by atoms with Crippen molar-refractivity contribution in [2.24, 2.45) is 0 Å². The molecule has 0 unspecified atom stereocenters. The Labute approximate surface area is 88.7 Å².